The van der Waals surface area contributed by atoms with Crippen LogP contribution < -0.4 is 4.74 Å². The second-order valence-electron chi connectivity index (χ2n) is 6.41. The first kappa shape index (κ1) is 21.0. The van der Waals surface area contributed by atoms with Crippen molar-refractivity contribution in [2.24, 2.45) is 0 Å². The molecule has 0 aliphatic rings. The Labute approximate surface area is 189 Å². The summed E-state index contributed by atoms with van der Waals surface area (Å²) in [6.07, 6.45) is 3.72. The second-order valence-corrected chi connectivity index (χ2v) is 9.78. The van der Waals surface area contributed by atoms with E-state index in [1.807, 2.05) is 72.8 Å². The SMILES string of the molecule is COc1ccc(-c2occ(CSSc3ccccn3)c2CSc2ccccc2)cc1. The third-order valence-electron chi connectivity index (χ3n) is 4.46. The van der Waals surface area contributed by atoms with Crippen LogP contribution in [0.25, 0.3) is 11.3 Å². The maximum absolute atomic E-state index is 6.05. The molecule has 0 amide bonds. The molecule has 2 aromatic carbocycles. The third-order valence-corrected chi connectivity index (χ3v) is 7.67. The van der Waals surface area contributed by atoms with Gasteiger partial charge in [-0.15, -0.1) is 11.8 Å². The minimum atomic E-state index is 0.841. The number of benzene rings is 2. The molecule has 152 valence electrons. The van der Waals surface area contributed by atoms with Crippen molar-refractivity contribution in [2.75, 3.05) is 7.11 Å². The number of hydrogen-bond donors (Lipinski definition) is 0. The molecule has 0 unspecified atom stereocenters. The van der Waals surface area contributed by atoms with Gasteiger partial charge in [-0.05, 0) is 59.3 Å². The molecule has 30 heavy (non-hydrogen) atoms. The van der Waals surface area contributed by atoms with E-state index < -0.39 is 0 Å². The van der Waals surface area contributed by atoms with E-state index in [-0.39, 0.29) is 0 Å². The molecule has 0 aliphatic carbocycles. The fourth-order valence-corrected chi connectivity index (χ4v) is 5.88. The van der Waals surface area contributed by atoms with Crippen LogP contribution >= 0.6 is 33.3 Å². The number of pyridine rings is 1. The highest BCUT2D eigenvalue weighted by Crippen LogP contribution is 2.39. The van der Waals surface area contributed by atoms with Crippen LogP contribution in [-0.2, 0) is 11.5 Å². The number of rotatable bonds is 9. The summed E-state index contributed by atoms with van der Waals surface area (Å²) in [6, 6.07) is 24.5. The Bertz CT molecular complexity index is 1050. The minimum absolute atomic E-state index is 0.841. The zero-order chi connectivity index (χ0) is 20.6. The van der Waals surface area contributed by atoms with E-state index in [9.17, 15) is 0 Å². The molecule has 4 aromatic rings. The molecule has 0 radical (unpaired) electrons. The average molecular weight is 452 g/mol. The van der Waals surface area contributed by atoms with E-state index >= 15 is 0 Å². The van der Waals surface area contributed by atoms with Gasteiger partial charge in [0.1, 0.15) is 16.5 Å². The molecule has 6 heteroatoms. The van der Waals surface area contributed by atoms with Gasteiger partial charge >= 0.3 is 0 Å². The first-order valence-corrected chi connectivity index (χ1v) is 12.8. The molecule has 0 saturated carbocycles. The topological polar surface area (TPSA) is 35.3 Å². The number of ether oxygens (including phenoxy) is 1. The first-order valence-electron chi connectivity index (χ1n) is 9.45. The molecule has 2 heterocycles. The number of hydrogen-bond acceptors (Lipinski definition) is 6. The van der Waals surface area contributed by atoms with Crippen LogP contribution in [0.5, 0.6) is 5.75 Å². The molecule has 0 aliphatic heterocycles. The summed E-state index contributed by atoms with van der Waals surface area (Å²) in [5.74, 6) is 3.48. The monoisotopic (exact) mass is 451 g/mol. The van der Waals surface area contributed by atoms with Gasteiger partial charge < -0.3 is 9.15 Å². The van der Waals surface area contributed by atoms with Crippen LogP contribution in [-0.4, -0.2) is 12.1 Å². The van der Waals surface area contributed by atoms with Crippen molar-refractivity contribution in [3.8, 4) is 17.1 Å². The van der Waals surface area contributed by atoms with E-state index in [1.54, 1.807) is 28.7 Å². The Hall–Kier alpha value is -2.28. The number of nitrogens with zero attached hydrogens (tertiary/aromatic N) is 1. The van der Waals surface area contributed by atoms with Gasteiger partial charge in [-0.2, -0.15) is 0 Å². The normalized spacial score (nSPS) is 10.8. The van der Waals surface area contributed by atoms with Crippen molar-refractivity contribution < 1.29 is 9.15 Å². The highest BCUT2D eigenvalue weighted by Gasteiger charge is 2.16. The van der Waals surface area contributed by atoms with E-state index in [1.165, 1.54) is 16.0 Å². The van der Waals surface area contributed by atoms with Crippen molar-refractivity contribution in [2.45, 2.75) is 21.4 Å². The molecule has 4 rings (SSSR count). The maximum Gasteiger partial charge on any atom is 0.138 e. The highest BCUT2D eigenvalue weighted by molar-refractivity contribution is 8.76. The van der Waals surface area contributed by atoms with Gasteiger partial charge in [0.2, 0.25) is 0 Å². The molecule has 0 N–H and O–H groups in total. The van der Waals surface area contributed by atoms with E-state index in [2.05, 4.69) is 29.2 Å². The lowest BCUT2D eigenvalue weighted by atomic mass is 10.1. The lowest BCUT2D eigenvalue weighted by Gasteiger charge is -2.07. The molecular formula is C24H21NO2S3. The van der Waals surface area contributed by atoms with Crippen LogP contribution in [0.3, 0.4) is 0 Å². The van der Waals surface area contributed by atoms with Crippen LogP contribution in [0.15, 0.2) is 99.6 Å². The number of thioether (sulfide) groups is 1. The van der Waals surface area contributed by atoms with Crippen LogP contribution in [0.4, 0.5) is 0 Å². The number of furan rings is 1. The summed E-state index contributed by atoms with van der Waals surface area (Å²) in [7, 11) is 5.14. The molecule has 0 bridgehead atoms. The molecule has 3 nitrogen and oxygen atoms in total. The van der Waals surface area contributed by atoms with Gasteiger partial charge in [0.25, 0.3) is 0 Å². The summed E-state index contributed by atoms with van der Waals surface area (Å²) >= 11 is 1.83. The van der Waals surface area contributed by atoms with E-state index in [0.717, 1.165) is 33.6 Å². The molecule has 0 atom stereocenters. The standard InChI is InChI=1S/C24H21NO2S3/c1-26-20-12-10-18(11-13-20)24-22(17-28-21-7-3-2-4-8-21)19(15-27-24)16-29-30-23-9-5-6-14-25-23/h2-15H,16-17H2,1H3. The fraction of sp³-hybridized carbons (Fsp3) is 0.125. The molecule has 2 aromatic heterocycles. The van der Waals surface area contributed by atoms with Gasteiger partial charge in [0.05, 0.1) is 13.4 Å². The predicted molar refractivity (Wildman–Crippen MR) is 128 cm³/mol. The summed E-state index contributed by atoms with van der Waals surface area (Å²) in [4.78, 5) is 5.63. The molecule has 0 saturated heterocycles. The Morgan fingerprint density at radius 1 is 0.900 bits per heavy atom. The molecule has 0 fully saturated rings. The van der Waals surface area contributed by atoms with Gasteiger partial charge in [-0.1, -0.05) is 35.1 Å². The van der Waals surface area contributed by atoms with Gasteiger partial charge in [-0.25, -0.2) is 4.98 Å². The second kappa shape index (κ2) is 10.7. The van der Waals surface area contributed by atoms with Crippen molar-refractivity contribution in [3.05, 3.63) is 96.4 Å². The summed E-state index contributed by atoms with van der Waals surface area (Å²) < 4.78 is 11.3. The quantitative estimate of drug-likeness (QED) is 0.193. The Kier molecular flexibility index (Phi) is 7.45. The van der Waals surface area contributed by atoms with Crippen molar-refractivity contribution in [1.29, 1.82) is 0 Å². The highest BCUT2D eigenvalue weighted by atomic mass is 33.1. The molecule has 0 spiro atoms. The van der Waals surface area contributed by atoms with Crippen LogP contribution in [0.1, 0.15) is 11.1 Å². The summed E-state index contributed by atoms with van der Waals surface area (Å²) in [5.41, 5.74) is 3.52. The zero-order valence-corrected chi connectivity index (χ0v) is 18.9. The lowest BCUT2D eigenvalue weighted by molar-refractivity contribution is 0.415. The number of aromatic nitrogens is 1. The Morgan fingerprint density at radius 3 is 2.43 bits per heavy atom. The largest absolute Gasteiger partial charge is 0.497 e. The van der Waals surface area contributed by atoms with Crippen molar-refractivity contribution >= 4 is 33.3 Å². The average Bonchev–Trinajstić information content (AvgIpc) is 3.22. The van der Waals surface area contributed by atoms with Crippen molar-refractivity contribution in [3.63, 3.8) is 0 Å². The Morgan fingerprint density at radius 2 is 1.70 bits per heavy atom. The predicted octanol–water partition coefficient (Wildman–Crippen LogP) is 7.58. The van der Waals surface area contributed by atoms with Crippen LogP contribution in [0, 0.1) is 0 Å². The summed E-state index contributed by atoms with van der Waals surface area (Å²) in [6.45, 7) is 0. The number of methoxy groups -OCH3 is 1. The van der Waals surface area contributed by atoms with Crippen LogP contribution in [0.2, 0.25) is 0 Å². The first-order chi connectivity index (χ1) is 14.8. The lowest BCUT2D eigenvalue weighted by Crippen LogP contribution is -1.89. The minimum Gasteiger partial charge on any atom is -0.497 e. The zero-order valence-electron chi connectivity index (χ0n) is 16.5. The van der Waals surface area contributed by atoms with Gasteiger partial charge in [0, 0.05) is 39.3 Å². The van der Waals surface area contributed by atoms with Gasteiger partial charge in [0.15, 0.2) is 0 Å². The van der Waals surface area contributed by atoms with Gasteiger partial charge in [-0.3, -0.25) is 0 Å². The smallest absolute Gasteiger partial charge is 0.138 e. The Balaban J connectivity index is 1.54. The third kappa shape index (κ3) is 5.45. The fourth-order valence-electron chi connectivity index (χ4n) is 2.90. The molecular weight excluding hydrogens is 430 g/mol. The maximum atomic E-state index is 6.05. The van der Waals surface area contributed by atoms with Crippen molar-refractivity contribution in [1.82, 2.24) is 4.98 Å². The summed E-state index contributed by atoms with van der Waals surface area (Å²) in [5, 5.41) is 1.02. The van der Waals surface area contributed by atoms with E-state index in [4.69, 9.17) is 9.15 Å². The van der Waals surface area contributed by atoms with E-state index in [0.29, 0.717) is 0 Å².